The van der Waals surface area contributed by atoms with Gasteiger partial charge in [-0.1, -0.05) is 22.9 Å². The van der Waals surface area contributed by atoms with Gasteiger partial charge < -0.3 is 5.32 Å². The molecule has 122 valence electrons. The van der Waals surface area contributed by atoms with Gasteiger partial charge in [0.05, 0.1) is 0 Å². The number of benzene rings is 1. The molecule has 3 rings (SSSR count). The highest BCUT2D eigenvalue weighted by Gasteiger charge is 2.13. The van der Waals surface area contributed by atoms with Gasteiger partial charge >= 0.3 is 6.03 Å². The zero-order valence-electron chi connectivity index (χ0n) is 11.8. The molecule has 0 unspecified atom stereocenters. The molecule has 0 aliphatic rings. The average Bonchev–Trinajstić information content (AvgIpc) is 3.01. The fraction of sp³-hybridized carbons (Fsp3) is 0. The summed E-state index contributed by atoms with van der Waals surface area (Å²) < 4.78 is 26.7. The third-order valence-electron chi connectivity index (χ3n) is 2.81. The minimum Gasteiger partial charge on any atom is -0.307 e. The highest BCUT2D eigenvalue weighted by Crippen LogP contribution is 2.26. The number of pyridine rings is 1. The van der Waals surface area contributed by atoms with Crippen LogP contribution in [0.15, 0.2) is 36.7 Å². The van der Waals surface area contributed by atoms with Crippen molar-refractivity contribution in [1.82, 2.24) is 15.2 Å². The van der Waals surface area contributed by atoms with Gasteiger partial charge in [0.1, 0.15) is 21.7 Å². The maximum absolute atomic E-state index is 13.3. The van der Waals surface area contributed by atoms with E-state index >= 15 is 0 Å². The topological polar surface area (TPSA) is 79.8 Å². The number of amides is 2. The zero-order chi connectivity index (χ0) is 17.1. The van der Waals surface area contributed by atoms with Crippen LogP contribution in [0.4, 0.5) is 24.4 Å². The summed E-state index contributed by atoms with van der Waals surface area (Å²) in [5, 5.41) is 12.7. The maximum atomic E-state index is 13.3. The lowest BCUT2D eigenvalue weighted by molar-refractivity contribution is 0.262. The van der Waals surface area contributed by atoms with Crippen molar-refractivity contribution >= 4 is 39.8 Å². The molecule has 10 heteroatoms. The summed E-state index contributed by atoms with van der Waals surface area (Å²) in [6.07, 6.45) is 3.22. The molecule has 2 amide bonds. The van der Waals surface area contributed by atoms with Crippen molar-refractivity contribution < 1.29 is 13.6 Å². The second kappa shape index (κ2) is 6.85. The predicted octanol–water partition coefficient (Wildman–Crippen LogP) is 4.18. The molecule has 2 N–H and O–H groups in total. The summed E-state index contributed by atoms with van der Waals surface area (Å²) in [5.74, 6) is -1.94. The first-order chi connectivity index (χ1) is 11.5. The van der Waals surface area contributed by atoms with Crippen molar-refractivity contribution in [2.75, 3.05) is 10.6 Å². The molecule has 0 spiro atoms. The monoisotopic (exact) mass is 367 g/mol. The van der Waals surface area contributed by atoms with Gasteiger partial charge in [0.15, 0.2) is 0 Å². The van der Waals surface area contributed by atoms with Gasteiger partial charge in [0.25, 0.3) is 0 Å². The molecule has 0 saturated carbocycles. The van der Waals surface area contributed by atoms with Crippen molar-refractivity contribution in [3.8, 4) is 10.6 Å². The SMILES string of the molecule is O=C(Nc1cc(F)c(Cl)c(F)c1)Nc1nnc(-c2ccncc2)s1. The number of rotatable bonds is 3. The van der Waals surface area contributed by atoms with Gasteiger partial charge in [-0.25, -0.2) is 13.6 Å². The summed E-state index contributed by atoms with van der Waals surface area (Å²) >= 11 is 6.52. The Kier molecular flexibility index (Phi) is 4.63. The first-order valence-corrected chi connectivity index (χ1v) is 7.69. The number of hydrogen-bond acceptors (Lipinski definition) is 5. The molecule has 0 aliphatic carbocycles. The van der Waals surface area contributed by atoms with Crippen molar-refractivity contribution in [3.05, 3.63) is 53.3 Å². The van der Waals surface area contributed by atoms with Gasteiger partial charge in [0.2, 0.25) is 5.13 Å². The average molecular weight is 368 g/mol. The summed E-state index contributed by atoms with van der Waals surface area (Å²) in [6, 6.07) is 4.61. The maximum Gasteiger partial charge on any atom is 0.325 e. The van der Waals surface area contributed by atoms with Crippen molar-refractivity contribution in [2.45, 2.75) is 0 Å². The molecule has 1 aromatic carbocycles. The first kappa shape index (κ1) is 16.2. The fourth-order valence-electron chi connectivity index (χ4n) is 1.77. The fourth-order valence-corrected chi connectivity index (χ4v) is 2.63. The molecule has 0 fully saturated rings. The minimum atomic E-state index is -0.970. The lowest BCUT2D eigenvalue weighted by Gasteiger charge is -2.06. The van der Waals surface area contributed by atoms with Crippen LogP contribution in [0.25, 0.3) is 10.6 Å². The Morgan fingerprint density at radius 3 is 2.42 bits per heavy atom. The van der Waals surface area contributed by atoms with Crippen molar-refractivity contribution in [2.24, 2.45) is 0 Å². The molecule has 3 aromatic rings. The molecule has 0 aliphatic heterocycles. The van der Waals surface area contributed by atoms with E-state index in [9.17, 15) is 13.6 Å². The number of carbonyl (C=O) groups excluding carboxylic acids is 1. The number of carbonyl (C=O) groups is 1. The van der Waals surface area contributed by atoms with E-state index in [1.165, 1.54) is 0 Å². The predicted molar refractivity (Wildman–Crippen MR) is 87.1 cm³/mol. The molecular weight excluding hydrogens is 360 g/mol. The van der Waals surface area contributed by atoms with Crippen molar-refractivity contribution in [1.29, 1.82) is 0 Å². The molecule has 2 heterocycles. The minimum absolute atomic E-state index is 0.0780. The number of aromatic nitrogens is 3. The van der Waals surface area contributed by atoms with Crippen LogP contribution in [-0.2, 0) is 0 Å². The summed E-state index contributed by atoms with van der Waals surface area (Å²) in [6.45, 7) is 0. The van der Waals surface area contributed by atoms with Gasteiger partial charge in [-0.3, -0.25) is 10.3 Å². The van der Waals surface area contributed by atoms with Crippen LogP contribution in [0.3, 0.4) is 0 Å². The zero-order valence-corrected chi connectivity index (χ0v) is 13.3. The highest BCUT2D eigenvalue weighted by molar-refractivity contribution is 7.18. The standard InChI is InChI=1S/C14H8ClF2N5OS/c15-11-9(16)5-8(6-10(11)17)19-13(23)20-14-22-21-12(24-14)7-1-3-18-4-2-7/h1-6H,(H2,19,20,22,23). The Hall–Kier alpha value is -2.65. The second-order valence-electron chi connectivity index (χ2n) is 4.48. The van der Waals surface area contributed by atoms with E-state index < -0.39 is 22.7 Å². The molecule has 0 radical (unpaired) electrons. The van der Waals surface area contributed by atoms with E-state index in [1.807, 2.05) is 0 Å². The normalized spacial score (nSPS) is 10.5. The first-order valence-electron chi connectivity index (χ1n) is 6.49. The molecule has 24 heavy (non-hydrogen) atoms. The number of urea groups is 1. The number of halogens is 3. The van der Waals surface area contributed by atoms with Crippen LogP contribution < -0.4 is 10.6 Å². The summed E-state index contributed by atoms with van der Waals surface area (Å²) in [4.78, 5) is 15.8. The van der Waals surface area contributed by atoms with Crippen LogP contribution in [0.1, 0.15) is 0 Å². The lowest BCUT2D eigenvalue weighted by Crippen LogP contribution is -2.19. The third-order valence-corrected chi connectivity index (χ3v) is 4.06. The molecule has 0 saturated heterocycles. The second-order valence-corrected chi connectivity index (χ2v) is 5.84. The molecule has 2 aromatic heterocycles. The van der Waals surface area contributed by atoms with Crippen LogP contribution in [0, 0.1) is 11.6 Å². The van der Waals surface area contributed by atoms with Crippen LogP contribution in [0.2, 0.25) is 5.02 Å². The Morgan fingerprint density at radius 2 is 1.75 bits per heavy atom. The molecule has 6 nitrogen and oxygen atoms in total. The van der Waals surface area contributed by atoms with E-state index in [1.54, 1.807) is 24.5 Å². The van der Waals surface area contributed by atoms with Gasteiger partial charge in [-0.05, 0) is 24.3 Å². The smallest absolute Gasteiger partial charge is 0.307 e. The van der Waals surface area contributed by atoms with E-state index in [2.05, 4.69) is 25.8 Å². The van der Waals surface area contributed by atoms with Crippen LogP contribution >= 0.6 is 22.9 Å². The van der Waals surface area contributed by atoms with E-state index in [4.69, 9.17) is 11.6 Å². The van der Waals surface area contributed by atoms with Crippen LogP contribution in [0.5, 0.6) is 0 Å². The van der Waals surface area contributed by atoms with E-state index in [0.717, 1.165) is 29.0 Å². The summed E-state index contributed by atoms with van der Waals surface area (Å²) in [5.41, 5.74) is 0.726. The Balaban J connectivity index is 1.69. The van der Waals surface area contributed by atoms with Crippen molar-refractivity contribution in [3.63, 3.8) is 0 Å². The third kappa shape index (κ3) is 3.63. The number of nitrogens with one attached hydrogen (secondary N) is 2. The van der Waals surface area contributed by atoms with Gasteiger partial charge in [-0.15, -0.1) is 10.2 Å². The van der Waals surface area contributed by atoms with Gasteiger partial charge in [0, 0.05) is 23.6 Å². The largest absolute Gasteiger partial charge is 0.325 e. The Morgan fingerprint density at radius 1 is 1.08 bits per heavy atom. The lowest BCUT2D eigenvalue weighted by atomic mass is 10.3. The summed E-state index contributed by atoms with van der Waals surface area (Å²) in [7, 11) is 0. The van der Waals surface area contributed by atoms with E-state index in [-0.39, 0.29) is 10.8 Å². The quantitative estimate of drug-likeness (QED) is 0.681. The number of nitrogens with zero attached hydrogens (tertiary/aromatic N) is 3. The van der Waals surface area contributed by atoms with E-state index in [0.29, 0.717) is 5.01 Å². The molecule has 0 bridgehead atoms. The Bertz CT molecular complexity index is 867. The Labute approximate surface area is 143 Å². The number of hydrogen-bond donors (Lipinski definition) is 2. The van der Waals surface area contributed by atoms with Gasteiger partial charge in [-0.2, -0.15) is 0 Å². The highest BCUT2D eigenvalue weighted by atomic mass is 35.5. The van der Waals surface area contributed by atoms with Crippen LogP contribution in [-0.4, -0.2) is 21.2 Å². The molecular formula is C14H8ClF2N5OS. The number of anilines is 2. The molecule has 0 atom stereocenters.